The first-order valence-electron chi connectivity index (χ1n) is 10.4. The van der Waals surface area contributed by atoms with Crippen LogP contribution in [0.25, 0.3) is 11.0 Å². The van der Waals surface area contributed by atoms with Gasteiger partial charge in [0.15, 0.2) is 0 Å². The van der Waals surface area contributed by atoms with Crippen LogP contribution >= 0.6 is 0 Å². The molecule has 3 heterocycles. The van der Waals surface area contributed by atoms with Crippen molar-refractivity contribution in [2.45, 2.75) is 38.5 Å². The maximum absolute atomic E-state index is 12.9. The Hall–Kier alpha value is -2.45. The van der Waals surface area contributed by atoms with Crippen molar-refractivity contribution in [2.75, 3.05) is 39.3 Å². The molecule has 1 N–H and O–H groups in total. The minimum absolute atomic E-state index is 0.0379. The summed E-state index contributed by atoms with van der Waals surface area (Å²) in [6, 6.07) is 7.83. The van der Waals surface area contributed by atoms with Crippen LogP contribution < -0.4 is 0 Å². The summed E-state index contributed by atoms with van der Waals surface area (Å²) in [5.74, 6) is 0.164. The summed E-state index contributed by atoms with van der Waals surface area (Å²) >= 11 is 0. The van der Waals surface area contributed by atoms with Gasteiger partial charge in [0.05, 0.1) is 23.5 Å². The first kappa shape index (κ1) is 19.8. The van der Waals surface area contributed by atoms with Crippen molar-refractivity contribution in [3.05, 3.63) is 30.6 Å². The normalized spacial score (nSPS) is 23.9. The summed E-state index contributed by atoms with van der Waals surface area (Å²) in [6.45, 7) is 6.02. The largest absolute Gasteiger partial charge is 0.391 e. The highest BCUT2D eigenvalue weighted by molar-refractivity contribution is 5.80. The van der Waals surface area contributed by atoms with Crippen LogP contribution in [0.3, 0.4) is 0 Å². The van der Waals surface area contributed by atoms with Gasteiger partial charge in [0.25, 0.3) is 0 Å². The van der Waals surface area contributed by atoms with Gasteiger partial charge in [-0.3, -0.25) is 14.5 Å². The number of hydrogen-bond acceptors (Lipinski definition) is 5. The summed E-state index contributed by atoms with van der Waals surface area (Å²) in [4.78, 5) is 34.8. The number of aliphatic hydroxyl groups excluding tert-OH is 1. The molecule has 0 saturated carbocycles. The van der Waals surface area contributed by atoms with Crippen molar-refractivity contribution in [1.29, 1.82) is 0 Å². The van der Waals surface area contributed by atoms with E-state index < -0.39 is 6.10 Å². The number of rotatable bonds is 3. The van der Waals surface area contributed by atoms with Gasteiger partial charge < -0.3 is 19.5 Å². The fourth-order valence-corrected chi connectivity index (χ4v) is 4.50. The fourth-order valence-electron chi connectivity index (χ4n) is 4.50. The number of benzene rings is 1. The second-order valence-corrected chi connectivity index (χ2v) is 8.00. The van der Waals surface area contributed by atoms with Crippen LogP contribution in [-0.2, 0) is 16.1 Å². The molecule has 0 spiro atoms. The molecule has 2 aliphatic heterocycles. The highest BCUT2D eigenvalue weighted by Gasteiger charge is 2.33. The Balaban J connectivity index is 1.36. The molecule has 1 aromatic carbocycles. The molecule has 4 rings (SSSR count). The molecule has 2 saturated heterocycles. The van der Waals surface area contributed by atoms with Crippen molar-refractivity contribution in [1.82, 2.24) is 24.3 Å². The van der Waals surface area contributed by atoms with Gasteiger partial charge in [-0.15, -0.1) is 0 Å². The number of carbonyl (C=O) groups excluding carboxylic acids is 2. The van der Waals surface area contributed by atoms with Crippen LogP contribution in [-0.4, -0.2) is 92.6 Å². The van der Waals surface area contributed by atoms with E-state index in [0.717, 1.165) is 30.5 Å². The molecule has 0 radical (unpaired) electrons. The highest BCUT2D eigenvalue weighted by atomic mass is 16.3. The molecule has 2 fully saturated rings. The summed E-state index contributed by atoms with van der Waals surface area (Å²) in [5, 5.41) is 10.7. The molecule has 29 heavy (non-hydrogen) atoms. The van der Waals surface area contributed by atoms with Gasteiger partial charge >= 0.3 is 0 Å². The van der Waals surface area contributed by atoms with Crippen molar-refractivity contribution in [2.24, 2.45) is 0 Å². The van der Waals surface area contributed by atoms with E-state index in [1.165, 1.54) is 0 Å². The number of fused-ring (bicyclic) bond motifs is 1. The first-order chi connectivity index (χ1) is 14.0. The number of hydrogen-bond donors (Lipinski definition) is 1. The molecule has 8 nitrogen and oxygen atoms in total. The monoisotopic (exact) mass is 399 g/mol. The lowest BCUT2D eigenvalue weighted by molar-refractivity contribution is -0.132. The lowest BCUT2D eigenvalue weighted by atomic mass is 10.0. The number of aliphatic hydroxyl groups is 1. The van der Waals surface area contributed by atoms with E-state index >= 15 is 0 Å². The molecule has 0 bridgehead atoms. The van der Waals surface area contributed by atoms with E-state index in [-0.39, 0.29) is 24.4 Å². The summed E-state index contributed by atoms with van der Waals surface area (Å²) in [7, 11) is 0. The lowest BCUT2D eigenvalue weighted by Gasteiger charge is -2.40. The first-order valence-corrected chi connectivity index (χ1v) is 10.4. The zero-order valence-electron chi connectivity index (χ0n) is 16.9. The second kappa shape index (κ2) is 8.51. The number of carbonyl (C=O) groups is 2. The standard InChI is InChI=1S/C21H29N5O3/c1-16(27)23-10-12-24(13-11-23)19-6-8-25(9-7-20(19)28)21(29)14-26-15-22-17-4-2-3-5-18(17)26/h2-5,15,19-20,28H,6-14H2,1H3/t19-,20-/m0/s1. The molecule has 2 amide bonds. The summed E-state index contributed by atoms with van der Waals surface area (Å²) < 4.78 is 1.89. The second-order valence-electron chi connectivity index (χ2n) is 8.00. The van der Waals surface area contributed by atoms with Crippen molar-refractivity contribution in [3.8, 4) is 0 Å². The average molecular weight is 399 g/mol. The predicted molar refractivity (Wildman–Crippen MR) is 109 cm³/mol. The van der Waals surface area contributed by atoms with E-state index in [0.29, 0.717) is 32.6 Å². The maximum Gasteiger partial charge on any atom is 0.242 e. The Morgan fingerprint density at radius 3 is 2.52 bits per heavy atom. The fraction of sp³-hybridized carbons (Fsp3) is 0.571. The number of amides is 2. The average Bonchev–Trinajstić information content (AvgIpc) is 3.02. The van der Waals surface area contributed by atoms with Gasteiger partial charge in [0, 0.05) is 52.2 Å². The Morgan fingerprint density at radius 1 is 1.03 bits per heavy atom. The van der Waals surface area contributed by atoms with Gasteiger partial charge in [-0.25, -0.2) is 4.98 Å². The van der Waals surface area contributed by atoms with Gasteiger partial charge in [-0.1, -0.05) is 12.1 Å². The molecule has 0 aliphatic carbocycles. The van der Waals surface area contributed by atoms with E-state index in [1.54, 1.807) is 13.3 Å². The van der Waals surface area contributed by atoms with E-state index in [1.807, 2.05) is 38.6 Å². The third-order valence-corrected chi connectivity index (χ3v) is 6.25. The summed E-state index contributed by atoms with van der Waals surface area (Å²) in [5.41, 5.74) is 1.84. The molecule has 0 unspecified atom stereocenters. The molecular weight excluding hydrogens is 370 g/mol. The quantitative estimate of drug-likeness (QED) is 0.815. The molecule has 1 aromatic heterocycles. The third-order valence-electron chi connectivity index (χ3n) is 6.25. The summed E-state index contributed by atoms with van der Waals surface area (Å²) in [6.07, 6.45) is 2.59. The Bertz CT molecular complexity index is 874. The number of likely N-dealkylation sites (tertiary alicyclic amines) is 1. The molecule has 156 valence electrons. The number of nitrogens with zero attached hydrogens (tertiary/aromatic N) is 5. The molecule has 8 heteroatoms. The van der Waals surface area contributed by atoms with E-state index in [9.17, 15) is 14.7 Å². The van der Waals surface area contributed by atoms with Crippen LogP contribution in [0.15, 0.2) is 30.6 Å². The number of imidazole rings is 1. The minimum atomic E-state index is -0.453. The number of para-hydroxylation sites is 2. The molecule has 2 aromatic rings. The predicted octanol–water partition coefficient (Wildman–Crippen LogP) is 0.552. The Morgan fingerprint density at radius 2 is 1.76 bits per heavy atom. The number of aromatic nitrogens is 2. The number of piperazine rings is 1. The highest BCUT2D eigenvalue weighted by Crippen LogP contribution is 2.20. The Kier molecular flexibility index (Phi) is 5.82. The SMILES string of the molecule is CC(=O)N1CCN([C@H]2CCN(C(=O)Cn3cnc4ccccc43)CC[C@@H]2O)CC1. The topological polar surface area (TPSA) is 81.9 Å². The van der Waals surface area contributed by atoms with E-state index in [4.69, 9.17) is 0 Å². The Labute approximate surface area is 170 Å². The zero-order chi connectivity index (χ0) is 20.4. The van der Waals surface area contributed by atoms with Gasteiger partial charge in [0.2, 0.25) is 11.8 Å². The molecule has 2 aliphatic rings. The van der Waals surface area contributed by atoms with Crippen LogP contribution in [0, 0.1) is 0 Å². The van der Waals surface area contributed by atoms with Crippen LogP contribution in [0.2, 0.25) is 0 Å². The smallest absolute Gasteiger partial charge is 0.242 e. The van der Waals surface area contributed by atoms with Crippen LogP contribution in [0.1, 0.15) is 19.8 Å². The van der Waals surface area contributed by atoms with Crippen LogP contribution in [0.4, 0.5) is 0 Å². The zero-order valence-corrected chi connectivity index (χ0v) is 16.9. The van der Waals surface area contributed by atoms with Gasteiger partial charge in [-0.05, 0) is 25.0 Å². The maximum atomic E-state index is 12.9. The molecule has 2 atom stereocenters. The van der Waals surface area contributed by atoms with Crippen molar-refractivity contribution >= 4 is 22.8 Å². The van der Waals surface area contributed by atoms with Crippen molar-refractivity contribution in [3.63, 3.8) is 0 Å². The lowest BCUT2D eigenvalue weighted by Crippen LogP contribution is -2.54. The molecular formula is C21H29N5O3. The third kappa shape index (κ3) is 4.28. The minimum Gasteiger partial charge on any atom is -0.391 e. The van der Waals surface area contributed by atoms with Crippen molar-refractivity contribution < 1.29 is 14.7 Å². The van der Waals surface area contributed by atoms with Crippen LogP contribution in [0.5, 0.6) is 0 Å². The van der Waals surface area contributed by atoms with Gasteiger partial charge in [0.1, 0.15) is 6.54 Å². The van der Waals surface area contributed by atoms with Gasteiger partial charge in [-0.2, -0.15) is 0 Å². The van der Waals surface area contributed by atoms with E-state index in [2.05, 4.69) is 9.88 Å².